The molecule has 1 aromatic heterocycles. The Hall–Kier alpha value is -2.31. The van der Waals surface area contributed by atoms with Crippen molar-refractivity contribution < 1.29 is 8.42 Å². The topological polar surface area (TPSA) is 64.0 Å². The van der Waals surface area contributed by atoms with Gasteiger partial charge in [-0.05, 0) is 48.2 Å². The second-order valence-electron chi connectivity index (χ2n) is 7.39. The Labute approximate surface area is 165 Å². The molecule has 1 heterocycles. The average molecular weight is 404 g/mol. The van der Waals surface area contributed by atoms with Crippen molar-refractivity contribution in [2.24, 2.45) is 0 Å². The molecule has 0 unspecified atom stereocenters. The Kier molecular flexibility index (Phi) is 5.06. The van der Waals surface area contributed by atoms with Crippen molar-refractivity contribution in [2.75, 3.05) is 4.72 Å². The van der Waals surface area contributed by atoms with E-state index < -0.39 is 10.0 Å². The summed E-state index contributed by atoms with van der Waals surface area (Å²) in [6, 6.07) is 11.9. The Morgan fingerprint density at radius 3 is 2.30 bits per heavy atom. The quantitative estimate of drug-likeness (QED) is 0.671. The van der Waals surface area contributed by atoms with E-state index in [-0.39, 0.29) is 10.3 Å². The molecular formula is C20H22ClN3O2S. The molecule has 0 saturated heterocycles. The molecule has 0 bridgehead atoms. The average Bonchev–Trinajstić information content (AvgIpc) is 3.01. The van der Waals surface area contributed by atoms with E-state index in [0.717, 1.165) is 11.4 Å². The number of imidazole rings is 1. The smallest absolute Gasteiger partial charge is 0.261 e. The molecule has 1 N–H and O–H groups in total. The van der Waals surface area contributed by atoms with E-state index in [2.05, 4.69) is 30.5 Å². The highest BCUT2D eigenvalue weighted by molar-refractivity contribution is 7.92. The number of hydrogen-bond donors (Lipinski definition) is 1. The highest BCUT2D eigenvalue weighted by atomic mass is 35.5. The number of halogens is 1. The van der Waals surface area contributed by atoms with E-state index in [1.807, 2.05) is 19.1 Å². The summed E-state index contributed by atoms with van der Waals surface area (Å²) in [4.78, 5) is 4.40. The van der Waals surface area contributed by atoms with Crippen molar-refractivity contribution in [3.8, 4) is 5.69 Å². The number of anilines is 1. The van der Waals surface area contributed by atoms with Gasteiger partial charge >= 0.3 is 0 Å². The molecule has 0 aliphatic rings. The summed E-state index contributed by atoms with van der Waals surface area (Å²) < 4.78 is 30.2. The van der Waals surface area contributed by atoms with Crippen molar-refractivity contribution >= 4 is 27.3 Å². The van der Waals surface area contributed by atoms with E-state index in [9.17, 15) is 8.42 Å². The maximum absolute atomic E-state index is 12.9. The Balaban J connectivity index is 1.98. The van der Waals surface area contributed by atoms with Gasteiger partial charge in [0.1, 0.15) is 5.82 Å². The van der Waals surface area contributed by atoms with E-state index in [4.69, 9.17) is 11.6 Å². The second-order valence-corrected chi connectivity index (χ2v) is 9.50. The number of aryl methyl sites for hydroxylation is 1. The van der Waals surface area contributed by atoms with Gasteiger partial charge in [0.2, 0.25) is 0 Å². The molecule has 0 aliphatic heterocycles. The Bertz CT molecular complexity index is 1070. The van der Waals surface area contributed by atoms with Crippen molar-refractivity contribution in [1.29, 1.82) is 0 Å². The van der Waals surface area contributed by atoms with Crippen molar-refractivity contribution in [3.05, 3.63) is 71.3 Å². The fraction of sp³-hybridized carbons (Fsp3) is 0.250. The number of benzene rings is 2. The number of hydrogen-bond acceptors (Lipinski definition) is 3. The van der Waals surface area contributed by atoms with Crippen LogP contribution in [-0.2, 0) is 15.4 Å². The molecule has 7 heteroatoms. The molecule has 27 heavy (non-hydrogen) atoms. The summed E-state index contributed by atoms with van der Waals surface area (Å²) in [5.41, 5.74) is 2.08. The lowest BCUT2D eigenvalue weighted by atomic mass is 9.87. The first-order chi connectivity index (χ1) is 12.6. The lowest BCUT2D eigenvalue weighted by molar-refractivity contribution is 0.587. The Morgan fingerprint density at radius 1 is 1.07 bits per heavy atom. The third kappa shape index (κ3) is 4.17. The fourth-order valence-corrected chi connectivity index (χ4v) is 4.00. The number of nitrogens with zero attached hydrogens (tertiary/aromatic N) is 2. The SMILES string of the molecule is Cc1nccn1-c1cc(Cl)ccc1NS(=O)(=O)c1ccc(C(C)(C)C)cc1. The van der Waals surface area contributed by atoms with Crippen LogP contribution in [0.5, 0.6) is 0 Å². The molecule has 3 aromatic rings. The third-order valence-electron chi connectivity index (χ3n) is 4.32. The van der Waals surface area contributed by atoms with Crippen LogP contribution in [0.4, 0.5) is 5.69 Å². The molecule has 142 valence electrons. The van der Waals surface area contributed by atoms with Gasteiger partial charge in [-0.15, -0.1) is 0 Å². The Morgan fingerprint density at radius 2 is 1.74 bits per heavy atom. The molecule has 3 rings (SSSR count). The van der Waals surface area contributed by atoms with Gasteiger partial charge in [-0.1, -0.05) is 44.5 Å². The first kappa shape index (κ1) is 19.5. The summed E-state index contributed by atoms with van der Waals surface area (Å²) in [7, 11) is -3.74. The van der Waals surface area contributed by atoms with Gasteiger partial charge in [0.25, 0.3) is 10.0 Å². The maximum Gasteiger partial charge on any atom is 0.261 e. The molecule has 0 radical (unpaired) electrons. The number of rotatable bonds is 4. The van der Waals surface area contributed by atoms with E-state index in [1.165, 1.54) is 0 Å². The van der Waals surface area contributed by atoms with Crippen LogP contribution >= 0.6 is 11.6 Å². The van der Waals surface area contributed by atoms with Gasteiger partial charge in [-0.3, -0.25) is 4.72 Å². The molecule has 2 aromatic carbocycles. The summed E-state index contributed by atoms with van der Waals surface area (Å²) in [6.45, 7) is 8.09. The van der Waals surface area contributed by atoms with Crippen LogP contribution in [0.25, 0.3) is 5.69 Å². The van der Waals surface area contributed by atoms with Crippen LogP contribution in [0.15, 0.2) is 59.8 Å². The lowest BCUT2D eigenvalue weighted by Gasteiger charge is -2.19. The largest absolute Gasteiger partial charge is 0.302 e. The number of sulfonamides is 1. The maximum atomic E-state index is 12.9. The minimum atomic E-state index is -3.74. The molecule has 0 atom stereocenters. The molecule has 0 amide bonds. The van der Waals surface area contributed by atoms with Gasteiger partial charge in [0.15, 0.2) is 0 Å². The van der Waals surface area contributed by atoms with Crippen LogP contribution in [0.3, 0.4) is 0 Å². The lowest BCUT2D eigenvalue weighted by Crippen LogP contribution is -2.16. The minimum Gasteiger partial charge on any atom is -0.302 e. The van der Waals surface area contributed by atoms with Gasteiger partial charge in [-0.2, -0.15) is 0 Å². The van der Waals surface area contributed by atoms with Crippen molar-refractivity contribution in [1.82, 2.24) is 9.55 Å². The molecule has 0 fully saturated rings. The molecule has 0 saturated carbocycles. The van der Waals surface area contributed by atoms with Crippen LogP contribution in [0, 0.1) is 6.92 Å². The third-order valence-corrected chi connectivity index (χ3v) is 5.94. The second kappa shape index (κ2) is 7.02. The highest BCUT2D eigenvalue weighted by Gasteiger charge is 2.19. The summed E-state index contributed by atoms with van der Waals surface area (Å²) >= 11 is 6.12. The zero-order chi connectivity index (χ0) is 19.8. The van der Waals surface area contributed by atoms with Crippen molar-refractivity contribution in [3.63, 3.8) is 0 Å². The standard InChI is InChI=1S/C20H22ClN3O2S/c1-14-22-11-12-24(14)19-13-16(21)7-10-18(19)23-27(25,26)17-8-5-15(6-9-17)20(2,3)4/h5-13,23H,1-4H3. The zero-order valence-electron chi connectivity index (χ0n) is 15.7. The predicted molar refractivity (Wildman–Crippen MR) is 109 cm³/mol. The highest BCUT2D eigenvalue weighted by Crippen LogP contribution is 2.29. The van der Waals surface area contributed by atoms with E-state index in [0.29, 0.717) is 16.4 Å². The number of nitrogens with one attached hydrogen (secondary N) is 1. The van der Waals surface area contributed by atoms with Crippen LogP contribution in [0.2, 0.25) is 5.02 Å². The number of aromatic nitrogens is 2. The zero-order valence-corrected chi connectivity index (χ0v) is 17.3. The van der Waals surface area contributed by atoms with Crippen LogP contribution < -0.4 is 4.72 Å². The predicted octanol–water partition coefficient (Wildman–Crippen LogP) is 4.93. The first-order valence-corrected chi connectivity index (χ1v) is 10.4. The first-order valence-electron chi connectivity index (χ1n) is 8.51. The van der Waals surface area contributed by atoms with Crippen molar-refractivity contribution in [2.45, 2.75) is 38.0 Å². The monoisotopic (exact) mass is 403 g/mol. The molecule has 0 aliphatic carbocycles. The summed E-state index contributed by atoms with van der Waals surface area (Å²) in [5.74, 6) is 0.729. The molecule has 5 nitrogen and oxygen atoms in total. The summed E-state index contributed by atoms with van der Waals surface area (Å²) in [6.07, 6.45) is 3.41. The normalized spacial score (nSPS) is 12.2. The van der Waals surface area contributed by atoms with Crippen LogP contribution in [-0.4, -0.2) is 18.0 Å². The van der Waals surface area contributed by atoms with E-state index in [1.54, 1.807) is 47.3 Å². The fourth-order valence-electron chi connectivity index (χ4n) is 2.76. The molecule has 0 spiro atoms. The van der Waals surface area contributed by atoms with Crippen LogP contribution in [0.1, 0.15) is 32.2 Å². The minimum absolute atomic E-state index is 0.0436. The molecular weight excluding hydrogens is 382 g/mol. The van der Waals surface area contributed by atoms with Gasteiger partial charge in [0, 0.05) is 17.4 Å². The van der Waals surface area contributed by atoms with E-state index >= 15 is 0 Å². The van der Waals surface area contributed by atoms with Gasteiger partial charge in [0.05, 0.1) is 16.3 Å². The summed E-state index contributed by atoms with van der Waals surface area (Å²) in [5, 5.41) is 0.510. The van der Waals surface area contributed by atoms with Gasteiger partial charge in [-0.25, -0.2) is 13.4 Å². The van der Waals surface area contributed by atoms with Gasteiger partial charge < -0.3 is 4.57 Å².